The molecule has 0 aliphatic heterocycles. The standard InChI is InChI=1S/C20H23NO2/c1-14-8-9-15(2)18(12-14)19-11-10-16(13-22)20(23)21(19)17-6-4-3-5-7-17/h8-13,17H,3-7H2,1-2H3. The molecule has 1 saturated carbocycles. The van der Waals surface area contributed by atoms with E-state index in [-0.39, 0.29) is 17.2 Å². The molecule has 1 aromatic carbocycles. The number of hydrogen-bond donors (Lipinski definition) is 0. The van der Waals surface area contributed by atoms with E-state index in [2.05, 4.69) is 32.0 Å². The Hall–Kier alpha value is -2.16. The van der Waals surface area contributed by atoms with E-state index in [1.807, 2.05) is 10.6 Å². The Labute approximate surface area is 137 Å². The summed E-state index contributed by atoms with van der Waals surface area (Å²) in [4.78, 5) is 24.0. The van der Waals surface area contributed by atoms with Gasteiger partial charge in [-0.05, 0) is 50.5 Å². The van der Waals surface area contributed by atoms with E-state index in [1.54, 1.807) is 6.07 Å². The van der Waals surface area contributed by atoms with Crippen LogP contribution in [-0.4, -0.2) is 10.9 Å². The van der Waals surface area contributed by atoms with Gasteiger partial charge in [0.2, 0.25) is 0 Å². The molecule has 0 bridgehead atoms. The lowest BCUT2D eigenvalue weighted by atomic mass is 9.93. The molecule has 3 nitrogen and oxygen atoms in total. The Balaban J connectivity index is 2.23. The fourth-order valence-corrected chi connectivity index (χ4v) is 3.59. The zero-order valence-electron chi connectivity index (χ0n) is 13.8. The highest BCUT2D eigenvalue weighted by Crippen LogP contribution is 2.32. The van der Waals surface area contributed by atoms with Crippen molar-refractivity contribution in [2.45, 2.75) is 52.0 Å². The van der Waals surface area contributed by atoms with Crippen LogP contribution in [0.1, 0.15) is 59.6 Å². The van der Waals surface area contributed by atoms with Crippen molar-refractivity contribution in [2.75, 3.05) is 0 Å². The summed E-state index contributed by atoms with van der Waals surface area (Å²) >= 11 is 0. The number of carbonyl (C=O) groups is 1. The second-order valence-electron chi connectivity index (χ2n) is 6.58. The van der Waals surface area contributed by atoms with Gasteiger partial charge in [0.15, 0.2) is 6.29 Å². The molecule has 3 heteroatoms. The molecule has 0 N–H and O–H groups in total. The van der Waals surface area contributed by atoms with Crippen molar-refractivity contribution in [3.8, 4) is 11.3 Å². The molecular formula is C20H23NO2. The molecule has 1 aliphatic carbocycles. The highest BCUT2D eigenvalue weighted by Gasteiger charge is 2.21. The van der Waals surface area contributed by atoms with Gasteiger partial charge in [0.05, 0.1) is 11.3 Å². The highest BCUT2D eigenvalue weighted by molar-refractivity contribution is 5.76. The van der Waals surface area contributed by atoms with E-state index in [1.165, 1.54) is 12.0 Å². The number of nitrogens with zero attached hydrogens (tertiary/aromatic N) is 1. The van der Waals surface area contributed by atoms with Gasteiger partial charge in [0, 0.05) is 11.6 Å². The lowest BCUT2D eigenvalue weighted by molar-refractivity contribution is 0.112. The summed E-state index contributed by atoms with van der Waals surface area (Å²) in [5.41, 5.74) is 4.46. The minimum absolute atomic E-state index is 0.148. The number of aromatic nitrogens is 1. The third-order valence-electron chi connectivity index (χ3n) is 4.88. The Morgan fingerprint density at radius 1 is 1.04 bits per heavy atom. The van der Waals surface area contributed by atoms with Crippen LogP contribution in [0, 0.1) is 13.8 Å². The molecule has 2 aromatic rings. The van der Waals surface area contributed by atoms with Crippen molar-refractivity contribution in [3.63, 3.8) is 0 Å². The van der Waals surface area contributed by atoms with Crippen LogP contribution in [0.25, 0.3) is 11.3 Å². The van der Waals surface area contributed by atoms with Gasteiger partial charge in [0.1, 0.15) is 0 Å². The van der Waals surface area contributed by atoms with Crippen molar-refractivity contribution in [1.82, 2.24) is 4.57 Å². The van der Waals surface area contributed by atoms with Crippen LogP contribution >= 0.6 is 0 Å². The highest BCUT2D eigenvalue weighted by atomic mass is 16.1. The molecule has 3 rings (SSSR count). The number of rotatable bonds is 3. The van der Waals surface area contributed by atoms with Gasteiger partial charge in [-0.1, -0.05) is 37.0 Å². The van der Waals surface area contributed by atoms with Crippen LogP contribution in [-0.2, 0) is 0 Å². The second-order valence-corrected chi connectivity index (χ2v) is 6.58. The molecular weight excluding hydrogens is 286 g/mol. The van der Waals surface area contributed by atoms with Gasteiger partial charge < -0.3 is 4.57 Å². The quantitative estimate of drug-likeness (QED) is 0.786. The van der Waals surface area contributed by atoms with Gasteiger partial charge in [-0.3, -0.25) is 9.59 Å². The largest absolute Gasteiger partial charge is 0.305 e. The topological polar surface area (TPSA) is 39.1 Å². The van der Waals surface area contributed by atoms with Crippen LogP contribution in [0.15, 0.2) is 35.1 Å². The van der Waals surface area contributed by atoms with Gasteiger partial charge in [-0.2, -0.15) is 0 Å². The van der Waals surface area contributed by atoms with E-state index in [9.17, 15) is 9.59 Å². The Bertz CT molecular complexity index is 783. The first-order valence-corrected chi connectivity index (χ1v) is 8.40. The van der Waals surface area contributed by atoms with Crippen molar-refractivity contribution in [1.29, 1.82) is 0 Å². The molecule has 23 heavy (non-hydrogen) atoms. The summed E-state index contributed by atoms with van der Waals surface area (Å²) in [5.74, 6) is 0. The maximum atomic E-state index is 12.8. The molecule has 120 valence electrons. The van der Waals surface area contributed by atoms with Crippen LogP contribution in [0.2, 0.25) is 0 Å². The normalized spacial score (nSPS) is 15.6. The van der Waals surface area contributed by atoms with E-state index >= 15 is 0 Å². The zero-order valence-corrected chi connectivity index (χ0v) is 13.8. The fraction of sp³-hybridized carbons (Fsp3) is 0.400. The van der Waals surface area contributed by atoms with Gasteiger partial charge in [0.25, 0.3) is 5.56 Å². The van der Waals surface area contributed by atoms with E-state index in [0.717, 1.165) is 42.5 Å². The smallest absolute Gasteiger partial charge is 0.261 e. The molecule has 0 spiro atoms. The van der Waals surface area contributed by atoms with Gasteiger partial charge in [-0.25, -0.2) is 0 Å². The molecule has 1 aromatic heterocycles. The minimum atomic E-state index is -0.148. The molecule has 0 saturated heterocycles. The number of pyridine rings is 1. The molecule has 1 fully saturated rings. The lowest BCUT2D eigenvalue weighted by Crippen LogP contribution is -2.30. The van der Waals surface area contributed by atoms with Crippen molar-refractivity contribution in [2.24, 2.45) is 0 Å². The summed E-state index contributed by atoms with van der Waals surface area (Å²) in [5, 5.41) is 0. The monoisotopic (exact) mass is 309 g/mol. The molecule has 0 unspecified atom stereocenters. The molecule has 0 atom stereocenters. The average Bonchev–Trinajstić information content (AvgIpc) is 2.57. The SMILES string of the molecule is Cc1ccc(C)c(-c2ccc(C=O)c(=O)n2C2CCCCC2)c1. The summed E-state index contributed by atoms with van der Waals surface area (Å²) in [6.07, 6.45) is 6.23. The predicted octanol–water partition coefficient (Wildman–Crippen LogP) is 4.45. The van der Waals surface area contributed by atoms with E-state index < -0.39 is 0 Å². The van der Waals surface area contributed by atoms with Crippen molar-refractivity contribution >= 4 is 6.29 Å². The number of aldehydes is 1. The summed E-state index contributed by atoms with van der Waals surface area (Å²) in [7, 11) is 0. The first kappa shape index (κ1) is 15.7. The predicted molar refractivity (Wildman–Crippen MR) is 93.1 cm³/mol. The van der Waals surface area contributed by atoms with Crippen LogP contribution in [0.3, 0.4) is 0 Å². The zero-order chi connectivity index (χ0) is 16.4. The molecule has 1 heterocycles. The van der Waals surface area contributed by atoms with Crippen molar-refractivity contribution in [3.05, 3.63) is 57.4 Å². The van der Waals surface area contributed by atoms with Gasteiger partial charge >= 0.3 is 0 Å². The maximum absolute atomic E-state index is 12.8. The maximum Gasteiger partial charge on any atom is 0.261 e. The van der Waals surface area contributed by atoms with Gasteiger partial charge in [-0.15, -0.1) is 0 Å². The van der Waals surface area contributed by atoms with E-state index in [4.69, 9.17) is 0 Å². The summed E-state index contributed by atoms with van der Waals surface area (Å²) in [6, 6.07) is 10.1. The number of carbonyl (C=O) groups excluding carboxylic acids is 1. The fourth-order valence-electron chi connectivity index (χ4n) is 3.59. The van der Waals surface area contributed by atoms with Crippen LogP contribution in [0.5, 0.6) is 0 Å². The second kappa shape index (κ2) is 6.53. The third-order valence-corrected chi connectivity index (χ3v) is 4.88. The van der Waals surface area contributed by atoms with Crippen molar-refractivity contribution < 1.29 is 4.79 Å². The first-order chi connectivity index (χ1) is 11.1. The first-order valence-electron chi connectivity index (χ1n) is 8.40. The van der Waals surface area contributed by atoms with E-state index in [0.29, 0.717) is 6.29 Å². The van der Waals surface area contributed by atoms with Crippen LogP contribution < -0.4 is 5.56 Å². The summed E-state index contributed by atoms with van der Waals surface area (Å²) < 4.78 is 1.88. The molecule has 1 aliphatic rings. The minimum Gasteiger partial charge on any atom is -0.305 e. The lowest BCUT2D eigenvalue weighted by Gasteiger charge is -2.27. The number of aryl methyl sites for hydroxylation is 2. The molecule has 0 amide bonds. The Kier molecular flexibility index (Phi) is 4.46. The third kappa shape index (κ3) is 3.00. The Morgan fingerprint density at radius 3 is 2.48 bits per heavy atom. The summed E-state index contributed by atoms with van der Waals surface area (Å²) in [6.45, 7) is 4.13. The van der Waals surface area contributed by atoms with Crippen LogP contribution in [0.4, 0.5) is 0 Å². The molecule has 0 radical (unpaired) electrons. The number of hydrogen-bond acceptors (Lipinski definition) is 2. The number of benzene rings is 1. The average molecular weight is 309 g/mol. The Morgan fingerprint density at radius 2 is 1.78 bits per heavy atom.